The number of carbonyl (C=O) groups is 1. The smallest absolute Gasteiger partial charge is 0.272 e. The summed E-state index contributed by atoms with van der Waals surface area (Å²) in [6, 6.07) is 5.09. The van der Waals surface area contributed by atoms with E-state index in [0.29, 0.717) is 16.8 Å². The SMILES string of the molecule is CN(CC1CCOCC1)C(=O)c1cccc(Cl)n1. The van der Waals surface area contributed by atoms with E-state index in [1.807, 2.05) is 0 Å². The Morgan fingerprint density at radius 2 is 2.22 bits per heavy atom. The van der Waals surface area contributed by atoms with Crippen LogP contribution in [0.5, 0.6) is 0 Å². The lowest BCUT2D eigenvalue weighted by Crippen LogP contribution is -2.34. The molecule has 98 valence electrons. The van der Waals surface area contributed by atoms with Gasteiger partial charge in [0.25, 0.3) is 5.91 Å². The van der Waals surface area contributed by atoms with Gasteiger partial charge in [-0.3, -0.25) is 4.79 Å². The molecule has 1 amide bonds. The van der Waals surface area contributed by atoms with Crippen molar-refractivity contribution in [2.24, 2.45) is 5.92 Å². The minimum atomic E-state index is -0.0796. The molecule has 0 spiro atoms. The number of amides is 1. The quantitative estimate of drug-likeness (QED) is 0.790. The van der Waals surface area contributed by atoms with Gasteiger partial charge in [0.15, 0.2) is 0 Å². The van der Waals surface area contributed by atoms with Crippen LogP contribution in [0.25, 0.3) is 0 Å². The lowest BCUT2D eigenvalue weighted by atomic mass is 10.00. The number of pyridine rings is 1. The fraction of sp³-hybridized carbons (Fsp3) is 0.538. The molecule has 0 aliphatic carbocycles. The molecule has 4 nitrogen and oxygen atoms in total. The second-order valence-corrected chi connectivity index (χ2v) is 4.97. The van der Waals surface area contributed by atoms with Crippen LogP contribution in [-0.4, -0.2) is 42.6 Å². The normalized spacial score (nSPS) is 16.6. The number of halogens is 1. The summed E-state index contributed by atoms with van der Waals surface area (Å²) in [6.07, 6.45) is 2.03. The highest BCUT2D eigenvalue weighted by molar-refractivity contribution is 6.29. The third kappa shape index (κ3) is 3.43. The minimum absolute atomic E-state index is 0.0796. The van der Waals surface area contributed by atoms with E-state index in [4.69, 9.17) is 16.3 Å². The van der Waals surface area contributed by atoms with Crippen LogP contribution < -0.4 is 0 Å². The van der Waals surface area contributed by atoms with Crippen LogP contribution in [0.15, 0.2) is 18.2 Å². The summed E-state index contributed by atoms with van der Waals surface area (Å²) in [7, 11) is 1.81. The molecule has 0 aromatic carbocycles. The summed E-state index contributed by atoms with van der Waals surface area (Å²) < 4.78 is 5.31. The van der Waals surface area contributed by atoms with Crippen molar-refractivity contribution in [1.82, 2.24) is 9.88 Å². The molecule has 1 fully saturated rings. The summed E-state index contributed by atoms with van der Waals surface area (Å²) in [5.74, 6) is 0.441. The van der Waals surface area contributed by atoms with E-state index < -0.39 is 0 Å². The molecule has 2 rings (SSSR count). The first-order valence-electron chi connectivity index (χ1n) is 6.12. The van der Waals surface area contributed by atoms with Gasteiger partial charge >= 0.3 is 0 Å². The van der Waals surface area contributed by atoms with E-state index in [0.717, 1.165) is 32.6 Å². The molecule has 18 heavy (non-hydrogen) atoms. The number of hydrogen-bond acceptors (Lipinski definition) is 3. The van der Waals surface area contributed by atoms with Gasteiger partial charge in [-0.15, -0.1) is 0 Å². The topological polar surface area (TPSA) is 42.4 Å². The second-order valence-electron chi connectivity index (χ2n) is 4.59. The molecule has 0 unspecified atom stereocenters. The number of hydrogen-bond donors (Lipinski definition) is 0. The van der Waals surface area contributed by atoms with Gasteiger partial charge in [0, 0.05) is 26.8 Å². The zero-order chi connectivity index (χ0) is 13.0. The Balaban J connectivity index is 1.95. The summed E-state index contributed by atoms with van der Waals surface area (Å²) in [4.78, 5) is 17.9. The Bertz CT molecular complexity index is 419. The first-order chi connectivity index (χ1) is 8.66. The van der Waals surface area contributed by atoms with Gasteiger partial charge in [0.05, 0.1) is 0 Å². The number of carbonyl (C=O) groups excluding carboxylic acids is 1. The highest BCUT2D eigenvalue weighted by Gasteiger charge is 2.20. The standard InChI is InChI=1S/C13H17ClN2O2/c1-16(9-10-5-7-18-8-6-10)13(17)11-3-2-4-12(14)15-11/h2-4,10H,5-9H2,1H3. The van der Waals surface area contributed by atoms with Crippen molar-refractivity contribution in [3.05, 3.63) is 29.0 Å². The van der Waals surface area contributed by atoms with Crippen molar-refractivity contribution < 1.29 is 9.53 Å². The highest BCUT2D eigenvalue weighted by atomic mass is 35.5. The third-order valence-electron chi connectivity index (χ3n) is 3.15. The first kappa shape index (κ1) is 13.3. The summed E-state index contributed by atoms with van der Waals surface area (Å²) in [5, 5.41) is 0.348. The van der Waals surface area contributed by atoms with Crippen molar-refractivity contribution in [3.63, 3.8) is 0 Å². The molecule has 0 saturated carbocycles. The fourth-order valence-corrected chi connectivity index (χ4v) is 2.29. The van der Waals surface area contributed by atoms with Gasteiger partial charge in [-0.2, -0.15) is 0 Å². The van der Waals surface area contributed by atoms with Gasteiger partial charge in [0.1, 0.15) is 10.8 Å². The average molecular weight is 269 g/mol. The van der Waals surface area contributed by atoms with Crippen LogP contribution in [0.2, 0.25) is 5.15 Å². The molecule has 0 bridgehead atoms. The Morgan fingerprint density at radius 3 is 2.89 bits per heavy atom. The fourth-order valence-electron chi connectivity index (χ4n) is 2.12. The largest absolute Gasteiger partial charge is 0.381 e. The number of nitrogens with zero attached hydrogens (tertiary/aromatic N) is 2. The molecule has 2 heterocycles. The van der Waals surface area contributed by atoms with Gasteiger partial charge in [-0.1, -0.05) is 17.7 Å². The van der Waals surface area contributed by atoms with Crippen molar-refractivity contribution in [2.45, 2.75) is 12.8 Å². The van der Waals surface area contributed by atoms with Crippen molar-refractivity contribution in [1.29, 1.82) is 0 Å². The molecule has 5 heteroatoms. The molecular formula is C13H17ClN2O2. The third-order valence-corrected chi connectivity index (χ3v) is 3.36. The van der Waals surface area contributed by atoms with Crippen molar-refractivity contribution >= 4 is 17.5 Å². The Labute approximate surface area is 112 Å². The maximum Gasteiger partial charge on any atom is 0.272 e. The predicted octanol–water partition coefficient (Wildman–Crippen LogP) is 2.23. The Morgan fingerprint density at radius 1 is 1.50 bits per heavy atom. The molecule has 1 aliphatic rings. The summed E-state index contributed by atoms with van der Waals surface area (Å²) in [5.41, 5.74) is 0.400. The van der Waals surface area contributed by atoms with Gasteiger partial charge < -0.3 is 9.64 Å². The van der Waals surface area contributed by atoms with E-state index in [9.17, 15) is 4.79 Å². The lowest BCUT2D eigenvalue weighted by molar-refractivity contribution is 0.0495. The van der Waals surface area contributed by atoms with Crippen molar-refractivity contribution in [3.8, 4) is 0 Å². The average Bonchev–Trinajstić information content (AvgIpc) is 2.39. The maximum absolute atomic E-state index is 12.1. The molecule has 0 atom stereocenters. The molecule has 0 N–H and O–H groups in total. The van der Waals surface area contributed by atoms with E-state index >= 15 is 0 Å². The Kier molecular flexibility index (Phi) is 4.55. The lowest BCUT2D eigenvalue weighted by Gasteiger charge is -2.27. The number of rotatable bonds is 3. The van der Waals surface area contributed by atoms with Gasteiger partial charge in [-0.25, -0.2) is 4.98 Å². The maximum atomic E-state index is 12.1. The van der Waals surface area contributed by atoms with Crippen LogP contribution in [0, 0.1) is 5.92 Å². The first-order valence-corrected chi connectivity index (χ1v) is 6.50. The molecule has 1 aromatic rings. The molecule has 1 saturated heterocycles. The molecule has 0 radical (unpaired) electrons. The predicted molar refractivity (Wildman–Crippen MR) is 69.8 cm³/mol. The number of aromatic nitrogens is 1. The highest BCUT2D eigenvalue weighted by Crippen LogP contribution is 2.16. The second kappa shape index (κ2) is 6.16. The van der Waals surface area contributed by atoms with Crippen LogP contribution in [0.4, 0.5) is 0 Å². The van der Waals surface area contributed by atoms with Gasteiger partial charge in [-0.05, 0) is 30.9 Å². The molecule has 1 aromatic heterocycles. The molecular weight excluding hydrogens is 252 g/mol. The molecule has 1 aliphatic heterocycles. The Hall–Kier alpha value is -1.13. The van der Waals surface area contributed by atoms with E-state index in [1.54, 1.807) is 30.1 Å². The summed E-state index contributed by atoms with van der Waals surface area (Å²) in [6.45, 7) is 2.33. The van der Waals surface area contributed by atoms with E-state index in [1.165, 1.54) is 0 Å². The van der Waals surface area contributed by atoms with Crippen LogP contribution in [0.3, 0.4) is 0 Å². The number of ether oxygens (including phenoxy) is 1. The van der Waals surface area contributed by atoms with Crippen LogP contribution >= 0.6 is 11.6 Å². The van der Waals surface area contributed by atoms with E-state index in [-0.39, 0.29) is 5.91 Å². The van der Waals surface area contributed by atoms with Crippen molar-refractivity contribution in [2.75, 3.05) is 26.8 Å². The zero-order valence-corrected chi connectivity index (χ0v) is 11.2. The summed E-state index contributed by atoms with van der Waals surface area (Å²) >= 11 is 5.79. The minimum Gasteiger partial charge on any atom is -0.381 e. The van der Waals surface area contributed by atoms with E-state index in [2.05, 4.69) is 4.98 Å². The van der Waals surface area contributed by atoms with Gasteiger partial charge in [0.2, 0.25) is 0 Å². The van der Waals surface area contributed by atoms with Crippen LogP contribution in [-0.2, 0) is 4.74 Å². The monoisotopic (exact) mass is 268 g/mol. The zero-order valence-electron chi connectivity index (χ0n) is 10.4. The van der Waals surface area contributed by atoms with Crippen LogP contribution in [0.1, 0.15) is 23.3 Å².